The minimum atomic E-state index is -0.860. The third-order valence-corrected chi connectivity index (χ3v) is 3.12. The number of carboxylic acid groups (broad SMARTS) is 1. The summed E-state index contributed by atoms with van der Waals surface area (Å²) < 4.78 is 0. The summed E-state index contributed by atoms with van der Waals surface area (Å²) in [6.45, 7) is 3.78. The van der Waals surface area contributed by atoms with E-state index < -0.39 is 11.9 Å². The zero-order chi connectivity index (χ0) is 13.1. The van der Waals surface area contributed by atoms with Crippen molar-refractivity contribution in [2.24, 2.45) is 5.92 Å². The van der Waals surface area contributed by atoms with Crippen molar-refractivity contribution in [1.29, 1.82) is 0 Å². The number of amides is 1. The number of para-hydroxylation sites is 1. The van der Waals surface area contributed by atoms with Crippen molar-refractivity contribution in [3.05, 3.63) is 42.5 Å². The first-order valence-corrected chi connectivity index (χ1v) is 5.85. The predicted molar refractivity (Wildman–Crippen MR) is 68.4 cm³/mol. The second kappa shape index (κ2) is 5.04. The Balaban J connectivity index is 2.36. The largest absolute Gasteiger partial charge is 0.481 e. The van der Waals surface area contributed by atoms with E-state index in [9.17, 15) is 9.59 Å². The zero-order valence-corrected chi connectivity index (χ0v) is 10.0. The molecule has 4 heteroatoms. The Morgan fingerprint density at radius 3 is 2.83 bits per heavy atom. The van der Waals surface area contributed by atoms with Crippen LogP contribution in [0.4, 0.5) is 5.69 Å². The Labute approximate surface area is 106 Å². The van der Waals surface area contributed by atoms with Crippen molar-refractivity contribution in [1.82, 2.24) is 0 Å². The van der Waals surface area contributed by atoms with Crippen LogP contribution in [0.3, 0.4) is 0 Å². The molecule has 0 aromatic heterocycles. The van der Waals surface area contributed by atoms with Crippen molar-refractivity contribution in [2.75, 3.05) is 11.4 Å². The number of rotatable bonds is 3. The molecule has 94 valence electrons. The molecule has 0 fully saturated rings. The summed E-state index contributed by atoms with van der Waals surface area (Å²) in [4.78, 5) is 24.7. The van der Waals surface area contributed by atoms with Crippen LogP contribution in [-0.4, -0.2) is 23.5 Å². The van der Waals surface area contributed by atoms with Crippen molar-refractivity contribution < 1.29 is 14.7 Å². The molecule has 18 heavy (non-hydrogen) atoms. The molecule has 0 saturated heterocycles. The standard InChI is InChI=1S/C14H15NO3/c1-2-5-13(16)15-9-11(14(17)18)8-10-6-3-4-7-12(10)15/h2-4,6-7,11H,1,5,8-9H2,(H,17,18). The van der Waals surface area contributed by atoms with Gasteiger partial charge in [0.2, 0.25) is 5.91 Å². The van der Waals surface area contributed by atoms with E-state index in [1.54, 1.807) is 4.90 Å². The Morgan fingerprint density at radius 1 is 1.44 bits per heavy atom. The summed E-state index contributed by atoms with van der Waals surface area (Å²) in [6.07, 6.45) is 2.24. The minimum Gasteiger partial charge on any atom is -0.481 e. The van der Waals surface area contributed by atoms with Gasteiger partial charge < -0.3 is 10.0 Å². The number of benzene rings is 1. The normalized spacial score (nSPS) is 18.0. The Kier molecular flexibility index (Phi) is 3.46. The van der Waals surface area contributed by atoms with Crippen molar-refractivity contribution in [2.45, 2.75) is 12.8 Å². The van der Waals surface area contributed by atoms with Gasteiger partial charge in [-0.1, -0.05) is 24.3 Å². The maximum atomic E-state index is 12.0. The second-order valence-electron chi connectivity index (χ2n) is 4.37. The summed E-state index contributed by atoms with van der Waals surface area (Å²) in [5, 5.41) is 9.14. The van der Waals surface area contributed by atoms with Gasteiger partial charge in [-0.15, -0.1) is 6.58 Å². The average molecular weight is 245 g/mol. The van der Waals surface area contributed by atoms with E-state index in [1.807, 2.05) is 24.3 Å². The summed E-state index contributed by atoms with van der Waals surface area (Å²) in [6, 6.07) is 7.44. The molecular weight excluding hydrogens is 230 g/mol. The van der Waals surface area contributed by atoms with E-state index >= 15 is 0 Å². The van der Waals surface area contributed by atoms with Crippen LogP contribution in [0.15, 0.2) is 36.9 Å². The summed E-state index contributed by atoms with van der Waals surface area (Å²) in [5.74, 6) is -1.50. The first-order valence-electron chi connectivity index (χ1n) is 5.85. The fourth-order valence-electron chi connectivity index (χ4n) is 2.23. The van der Waals surface area contributed by atoms with E-state index in [2.05, 4.69) is 6.58 Å². The van der Waals surface area contributed by atoms with Crippen LogP contribution in [0.1, 0.15) is 12.0 Å². The monoisotopic (exact) mass is 245 g/mol. The number of aliphatic carboxylic acids is 1. The van der Waals surface area contributed by atoms with E-state index in [4.69, 9.17) is 5.11 Å². The SMILES string of the molecule is C=CCC(=O)N1CC(C(=O)O)Cc2ccccc21. The first kappa shape index (κ1) is 12.4. The lowest BCUT2D eigenvalue weighted by atomic mass is 9.92. The van der Waals surface area contributed by atoms with Crippen LogP contribution in [0.25, 0.3) is 0 Å². The molecule has 1 atom stereocenters. The van der Waals surface area contributed by atoms with E-state index in [1.165, 1.54) is 6.08 Å². The van der Waals surface area contributed by atoms with Gasteiger partial charge in [0.25, 0.3) is 0 Å². The van der Waals surface area contributed by atoms with Gasteiger partial charge in [0, 0.05) is 18.7 Å². The van der Waals surface area contributed by atoms with E-state index in [0.29, 0.717) is 6.42 Å². The van der Waals surface area contributed by atoms with Crippen molar-refractivity contribution in [3.63, 3.8) is 0 Å². The number of carbonyl (C=O) groups is 2. The third-order valence-electron chi connectivity index (χ3n) is 3.12. The fourth-order valence-corrected chi connectivity index (χ4v) is 2.23. The van der Waals surface area contributed by atoms with Crippen molar-refractivity contribution >= 4 is 17.6 Å². The highest BCUT2D eigenvalue weighted by Crippen LogP contribution is 2.30. The number of carbonyl (C=O) groups excluding carboxylic acids is 1. The molecule has 1 aliphatic heterocycles. The Morgan fingerprint density at radius 2 is 2.17 bits per heavy atom. The number of carboxylic acids is 1. The van der Waals surface area contributed by atoms with Crippen LogP contribution in [0.5, 0.6) is 0 Å². The van der Waals surface area contributed by atoms with Crippen LogP contribution < -0.4 is 4.90 Å². The van der Waals surface area contributed by atoms with E-state index in [-0.39, 0.29) is 18.9 Å². The average Bonchev–Trinajstić information content (AvgIpc) is 2.37. The molecule has 1 amide bonds. The number of anilines is 1. The molecule has 0 bridgehead atoms. The van der Waals surface area contributed by atoms with Crippen molar-refractivity contribution in [3.8, 4) is 0 Å². The molecule has 1 aromatic rings. The molecule has 0 aliphatic carbocycles. The lowest BCUT2D eigenvalue weighted by Gasteiger charge is -2.32. The molecule has 1 aromatic carbocycles. The van der Waals surface area contributed by atoms with Gasteiger partial charge in [-0.05, 0) is 18.1 Å². The molecule has 0 saturated carbocycles. The number of hydrogen-bond donors (Lipinski definition) is 1. The summed E-state index contributed by atoms with van der Waals surface area (Å²) in [7, 11) is 0. The summed E-state index contributed by atoms with van der Waals surface area (Å²) in [5.41, 5.74) is 1.73. The highest BCUT2D eigenvalue weighted by molar-refractivity contribution is 5.96. The molecule has 4 nitrogen and oxygen atoms in total. The van der Waals surface area contributed by atoms with Gasteiger partial charge in [0.05, 0.1) is 5.92 Å². The lowest BCUT2D eigenvalue weighted by Crippen LogP contribution is -2.42. The molecule has 1 aliphatic rings. The summed E-state index contributed by atoms with van der Waals surface area (Å²) >= 11 is 0. The highest BCUT2D eigenvalue weighted by Gasteiger charge is 2.31. The minimum absolute atomic E-state index is 0.108. The van der Waals surface area contributed by atoms with E-state index in [0.717, 1.165) is 11.3 Å². The third kappa shape index (κ3) is 2.27. The molecule has 2 rings (SSSR count). The quantitative estimate of drug-likeness (QED) is 0.827. The maximum Gasteiger partial charge on any atom is 0.308 e. The number of hydrogen-bond acceptors (Lipinski definition) is 2. The molecule has 1 heterocycles. The fraction of sp³-hybridized carbons (Fsp3) is 0.286. The highest BCUT2D eigenvalue weighted by atomic mass is 16.4. The van der Waals surface area contributed by atoms with Gasteiger partial charge in [0.15, 0.2) is 0 Å². The molecule has 0 radical (unpaired) electrons. The zero-order valence-electron chi connectivity index (χ0n) is 10.0. The Bertz CT molecular complexity index is 496. The van der Waals surface area contributed by atoms with Crippen LogP contribution in [-0.2, 0) is 16.0 Å². The van der Waals surface area contributed by atoms with Gasteiger partial charge in [-0.3, -0.25) is 9.59 Å². The molecule has 0 spiro atoms. The second-order valence-corrected chi connectivity index (χ2v) is 4.37. The molecule has 1 N–H and O–H groups in total. The van der Waals surface area contributed by atoms with Gasteiger partial charge >= 0.3 is 5.97 Å². The smallest absolute Gasteiger partial charge is 0.308 e. The lowest BCUT2D eigenvalue weighted by molar-refractivity contribution is -0.141. The number of fused-ring (bicyclic) bond motifs is 1. The van der Waals surface area contributed by atoms with Crippen LogP contribution >= 0.6 is 0 Å². The Hall–Kier alpha value is -2.10. The molecular formula is C14H15NO3. The van der Waals surface area contributed by atoms with Gasteiger partial charge in [-0.2, -0.15) is 0 Å². The number of nitrogens with zero attached hydrogens (tertiary/aromatic N) is 1. The van der Waals surface area contributed by atoms with Crippen LogP contribution in [0, 0.1) is 5.92 Å². The first-order chi connectivity index (χ1) is 8.63. The van der Waals surface area contributed by atoms with Gasteiger partial charge in [-0.25, -0.2) is 0 Å². The topological polar surface area (TPSA) is 57.6 Å². The predicted octanol–water partition coefficient (Wildman–Crippen LogP) is 1.85. The molecule has 1 unspecified atom stereocenters. The maximum absolute atomic E-state index is 12.0. The van der Waals surface area contributed by atoms with Gasteiger partial charge in [0.1, 0.15) is 0 Å². The van der Waals surface area contributed by atoms with Crippen LogP contribution in [0.2, 0.25) is 0 Å².